The van der Waals surface area contributed by atoms with E-state index in [2.05, 4.69) is 10.6 Å². The molecule has 0 bridgehead atoms. The molecule has 0 radical (unpaired) electrons. The van der Waals surface area contributed by atoms with E-state index >= 15 is 0 Å². The van der Waals surface area contributed by atoms with Gasteiger partial charge in [0.1, 0.15) is 6.04 Å². The van der Waals surface area contributed by atoms with Crippen LogP contribution in [0.3, 0.4) is 0 Å². The Hall–Kier alpha value is -3.12. The lowest BCUT2D eigenvalue weighted by atomic mass is 10.2. The molecule has 8 nitrogen and oxygen atoms in total. The molecule has 0 unspecified atom stereocenters. The van der Waals surface area contributed by atoms with Crippen LogP contribution in [0.15, 0.2) is 53.4 Å². The highest BCUT2D eigenvalue weighted by Crippen LogP contribution is 2.30. The first kappa shape index (κ1) is 24.5. The molecule has 1 fully saturated rings. The quantitative estimate of drug-likeness (QED) is 0.601. The van der Waals surface area contributed by atoms with E-state index in [1.165, 1.54) is 24.3 Å². The maximum atomic E-state index is 13.0. The number of ether oxygens (including phenoxy) is 1. The summed E-state index contributed by atoms with van der Waals surface area (Å²) in [6.07, 6.45) is -3.57. The van der Waals surface area contributed by atoms with E-state index < -0.39 is 39.8 Å². The van der Waals surface area contributed by atoms with Gasteiger partial charge in [-0.05, 0) is 68.3 Å². The summed E-state index contributed by atoms with van der Waals surface area (Å²) in [4.78, 5) is 24.2. The Bertz CT molecular complexity index is 1100. The molecule has 2 amide bonds. The minimum absolute atomic E-state index is 0.0487. The fourth-order valence-electron chi connectivity index (χ4n) is 3.38. The second-order valence-electron chi connectivity index (χ2n) is 7.20. The number of nitrogens with one attached hydrogen (secondary N) is 2. The predicted molar refractivity (Wildman–Crippen MR) is 114 cm³/mol. The van der Waals surface area contributed by atoms with Gasteiger partial charge in [-0.2, -0.15) is 17.5 Å². The summed E-state index contributed by atoms with van der Waals surface area (Å²) in [5.74, 6) is -0.586. The number of sulfonamides is 1. The van der Waals surface area contributed by atoms with Gasteiger partial charge in [-0.15, -0.1) is 0 Å². The van der Waals surface area contributed by atoms with Crippen LogP contribution in [-0.2, 0) is 25.7 Å². The number of hydrogen-bond donors (Lipinski definition) is 2. The number of carbonyl (C=O) groups excluding carboxylic acids is 2. The maximum Gasteiger partial charge on any atom is 0.416 e. The van der Waals surface area contributed by atoms with Crippen LogP contribution >= 0.6 is 0 Å². The van der Waals surface area contributed by atoms with E-state index in [4.69, 9.17) is 4.74 Å². The second-order valence-corrected chi connectivity index (χ2v) is 9.09. The van der Waals surface area contributed by atoms with Gasteiger partial charge in [0.05, 0.1) is 17.1 Å². The minimum atomic E-state index is -4.48. The summed E-state index contributed by atoms with van der Waals surface area (Å²) in [5, 5.41) is 4.87. The number of urea groups is 1. The van der Waals surface area contributed by atoms with Crippen LogP contribution in [0.1, 0.15) is 25.3 Å². The van der Waals surface area contributed by atoms with Crippen molar-refractivity contribution in [2.45, 2.75) is 36.9 Å². The highest BCUT2D eigenvalue weighted by Gasteiger charge is 2.40. The highest BCUT2D eigenvalue weighted by atomic mass is 32.2. The molecule has 0 aliphatic carbocycles. The fraction of sp³-hybridized carbons (Fsp3) is 0.333. The number of alkyl halides is 3. The number of hydrogen-bond acceptors (Lipinski definition) is 5. The molecule has 178 valence electrons. The number of amides is 2. The van der Waals surface area contributed by atoms with E-state index in [0.717, 1.165) is 28.6 Å². The van der Waals surface area contributed by atoms with Gasteiger partial charge in [0.2, 0.25) is 10.0 Å². The minimum Gasteiger partial charge on any atom is -0.465 e. The molecule has 1 aliphatic heterocycles. The Morgan fingerprint density at radius 1 is 1.03 bits per heavy atom. The number of rotatable bonds is 6. The van der Waals surface area contributed by atoms with Crippen LogP contribution in [0.25, 0.3) is 0 Å². The highest BCUT2D eigenvalue weighted by molar-refractivity contribution is 7.89. The Kier molecular flexibility index (Phi) is 7.28. The molecule has 33 heavy (non-hydrogen) atoms. The molecule has 3 rings (SSSR count). The molecule has 1 atom stereocenters. The summed E-state index contributed by atoms with van der Waals surface area (Å²) in [6, 6.07) is 7.67. The third-order valence-corrected chi connectivity index (χ3v) is 6.87. The van der Waals surface area contributed by atoms with Crippen molar-refractivity contribution in [3.63, 3.8) is 0 Å². The lowest BCUT2D eigenvalue weighted by molar-refractivity contribution is -0.146. The Balaban J connectivity index is 1.65. The zero-order valence-electron chi connectivity index (χ0n) is 17.6. The van der Waals surface area contributed by atoms with E-state index in [9.17, 15) is 31.2 Å². The molecule has 0 aromatic heterocycles. The predicted octanol–water partition coefficient (Wildman–Crippen LogP) is 4.07. The molecule has 1 heterocycles. The molecule has 1 saturated heterocycles. The molecular weight excluding hydrogens is 463 g/mol. The van der Waals surface area contributed by atoms with Crippen molar-refractivity contribution in [1.82, 2.24) is 4.31 Å². The van der Waals surface area contributed by atoms with Crippen molar-refractivity contribution in [1.29, 1.82) is 0 Å². The summed E-state index contributed by atoms with van der Waals surface area (Å²) < 4.78 is 69.8. The van der Waals surface area contributed by atoms with E-state index in [-0.39, 0.29) is 29.4 Å². The molecule has 2 aromatic carbocycles. The van der Waals surface area contributed by atoms with Crippen molar-refractivity contribution in [3.8, 4) is 0 Å². The largest absolute Gasteiger partial charge is 0.465 e. The normalized spacial score (nSPS) is 16.9. The molecule has 0 spiro atoms. The van der Waals surface area contributed by atoms with Crippen LogP contribution in [-0.4, -0.2) is 43.9 Å². The SMILES string of the molecule is CCOC(=O)[C@H]1CCCN1S(=O)(=O)c1ccc(NC(=O)Nc2ccc(C(F)(F)F)cc2)cc1. The Morgan fingerprint density at radius 3 is 2.09 bits per heavy atom. The van der Waals surface area contributed by atoms with Gasteiger partial charge in [0.15, 0.2) is 0 Å². The molecular formula is C21H22F3N3O5S. The van der Waals surface area contributed by atoms with Crippen LogP contribution in [0, 0.1) is 0 Å². The molecule has 1 aliphatic rings. The van der Waals surface area contributed by atoms with Crippen molar-refractivity contribution in [2.24, 2.45) is 0 Å². The zero-order chi connectivity index (χ0) is 24.2. The first-order valence-electron chi connectivity index (χ1n) is 10.1. The van der Waals surface area contributed by atoms with Crippen LogP contribution in [0.2, 0.25) is 0 Å². The molecule has 2 aromatic rings. The summed E-state index contributed by atoms with van der Waals surface area (Å²) in [5.41, 5.74) is -0.422. The van der Waals surface area contributed by atoms with E-state index in [1.807, 2.05) is 0 Å². The van der Waals surface area contributed by atoms with Gasteiger partial charge in [0.25, 0.3) is 0 Å². The van der Waals surface area contributed by atoms with Crippen LogP contribution in [0.4, 0.5) is 29.3 Å². The van der Waals surface area contributed by atoms with E-state index in [1.54, 1.807) is 6.92 Å². The Morgan fingerprint density at radius 2 is 1.58 bits per heavy atom. The van der Waals surface area contributed by atoms with Crippen molar-refractivity contribution < 1.29 is 35.9 Å². The van der Waals surface area contributed by atoms with Gasteiger partial charge >= 0.3 is 18.2 Å². The first-order valence-corrected chi connectivity index (χ1v) is 11.5. The lowest BCUT2D eigenvalue weighted by Gasteiger charge is -2.22. The topological polar surface area (TPSA) is 105 Å². The van der Waals surface area contributed by atoms with Gasteiger partial charge < -0.3 is 15.4 Å². The smallest absolute Gasteiger partial charge is 0.416 e. The summed E-state index contributed by atoms with van der Waals surface area (Å²) in [6.45, 7) is 1.99. The summed E-state index contributed by atoms with van der Waals surface area (Å²) in [7, 11) is -3.95. The van der Waals surface area contributed by atoms with Crippen molar-refractivity contribution in [2.75, 3.05) is 23.8 Å². The third-order valence-electron chi connectivity index (χ3n) is 4.95. The molecule has 12 heteroatoms. The van der Waals surface area contributed by atoms with Crippen molar-refractivity contribution in [3.05, 3.63) is 54.1 Å². The Labute approximate surface area is 188 Å². The van der Waals surface area contributed by atoms with Crippen LogP contribution in [0.5, 0.6) is 0 Å². The van der Waals surface area contributed by atoms with Gasteiger partial charge in [-0.25, -0.2) is 13.2 Å². The third kappa shape index (κ3) is 5.82. The van der Waals surface area contributed by atoms with Gasteiger partial charge in [0, 0.05) is 17.9 Å². The first-order chi connectivity index (χ1) is 15.5. The fourth-order valence-corrected chi connectivity index (χ4v) is 5.03. The summed E-state index contributed by atoms with van der Waals surface area (Å²) >= 11 is 0. The number of halogens is 3. The van der Waals surface area contributed by atoms with Crippen molar-refractivity contribution >= 4 is 33.4 Å². The lowest BCUT2D eigenvalue weighted by Crippen LogP contribution is -2.41. The standard InChI is InChI=1S/C21H22F3N3O5S/c1-2-32-19(28)18-4-3-13-27(18)33(30,31)17-11-9-16(10-12-17)26-20(29)25-15-7-5-14(6-8-15)21(22,23)24/h5-12,18H,2-4,13H2,1H3,(H2,25,26,29)/t18-/m1/s1. The monoisotopic (exact) mass is 485 g/mol. The molecule has 2 N–H and O–H groups in total. The average Bonchev–Trinajstić information content (AvgIpc) is 3.25. The number of benzene rings is 2. The number of nitrogens with zero attached hydrogens (tertiary/aromatic N) is 1. The second kappa shape index (κ2) is 9.79. The zero-order valence-corrected chi connectivity index (χ0v) is 18.4. The van der Waals surface area contributed by atoms with Gasteiger partial charge in [-0.1, -0.05) is 0 Å². The average molecular weight is 485 g/mol. The van der Waals surface area contributed by atoms with Crippen LogP contribution < -0.4 is 10.6 Å². The van der Waals surface area contributed by atoms with Gasteiger partial charge in [-0.3, -0.25) is 4.79 Å². The number of esters is 1. The maximum absolute atomic E-state index is 13.0. The van der Waals surface area contributed by atoms with E-state index in [0.29, 0.717) is 12.8 Å². The molecule has 0 saturated carbocycles. The number of carbonyl (C=O) groups is 2. The number of anilines is 2.